The van der Waals surface area contributed by atoms with Crippen LogP contribution in [0.5, 0.6) is 0 Å². The molecule has 0 saturated heterocycles. The van der Waals surface area contributed by atoms with E-state index in [1.807, 2.05) is 0 Å². The number of carboxylic acids is 1. The number of nitrogens with zero attached hydrogens (tertiary/aromatic N) is 2. The average Bonchev–Trinajstić information content (AvgIpc) is 2.85. The molecule has 0 fully saturated rings. The number of hydrogen-bond donors (Lipinski definition) is 2. The molecule has 0 atom stereocenters. The van der Waals surface area contributed by atoms with Crippen LogP contribution in [-0.4, -0.2) is 26.5 Å². The van der Waals surface area contributed by atoms with Crippen molar-refractivity contribution in [2.45, 2.75) is 6.18 Å². The van der Waals surface area contributed by atoms with Gasteiger partial charge in [0.15, 0.2) is 5.69 Å². The van der Waals surface area contributed by atoms with Crippen LogP contribution >= 0.6 is 11.6 Å². The molecule has 0 aliphatic heterocycles. The fourth-order valence-corrected chi connectivity index (χ4v) is 1.23. The molecule has 3 N–H and O–H groups in total. The molecule has 0 aliphatic carbocycles. The molecule has 6 nitrogen and oxygen atoms in total. The zero-order chi connectivity index (χ0) is 15.3. The molecule has 0 amide bonds. The molecule has 20 heavy (non-hydrogen) atoms. The van der Waals surface area contributed by atoms with Crippen molar-refractivity contribution in [1.82, 2.24) is 15.4 Å². The molecule has 0 unspecified atom stereocenters. The molecule has 0 radical (unpaired) electrons. The van der Waals surface area contributed by atoms with E-state index in [1.54, 1.807) is 0 Å². The van der Waals surface area contributed by atoms with E-state index in [2.05, 4.69) is 15.4 Å². The molecule has 0 aliphatic rings. The van der Waals surface area contributed by atoms with Gasteiger partial charge < -0.3 is 10.8 Å². The number of alkyl halides is 3. The summed E-state index contributed by atoms with van der Waals surface area (Å²) in [6.45, 7) is 0. The Morgan fingerprint density at radius 1 is 1.40 bits per heavy atom. The lowest BCUT2D eigenvalue weighted by Crippen LogP contribution is -2.04. The standard InChI is InChI=1S/C7H4ClF3N.C3H3N3O2/c8-4-1-2-6(12)5(3-4)7(9,10)11;7-3(8)2-1-4-6-5-2/h1-3,12H;1H,(H,7,8)(H,4,5,6)/q-1;. The number of halogens is 4. The van der Waals surface area contributed by atoms with E-state index in [4.69, 9.17) is 22.4 Å². The molecule has 1 aromatic carbocycles. The Balaban J connectivity index is 0.000000217. The summed E-state index contributed by atoms with van der Waals surface area (Å²) in [6, 6.07) is 3.01. The van der Waals surface area contributed by atoms with E-state index in [-0.39, 0.29) is 10.7 Å². The summed E-state index contributed by atoms with van der Waals surface area (Å²) in [5.74, 6) is -1.07. The van der Waals surface area contributed by atoms with Gasteiger partial charge in [-0.1, -0.05) is 17.7 Å². The molecule has 108 valence electrons. The Kier molecular flexibility index (Phi) is 4.92. The number of nitrogens with one attached hydrogen (secondary N) is 2. The van der Waals surface area contributed by atoms with E-state index in [0.29, 0.717) is 0 Å². The number of H-pyrrole nitrogens is 1. The number of aromatic carboxylic acids is 1. The third-order valence-electron chi connectivity index (χ3n) is 1.92. The summed E-state index contributed by atoms with van der Waals surface area (Å²) in [5, 5.41) is 16.9. The predicted octanol–water partition coefficient (Wildman–Crippen LogP) is 3.55. The fraction of sp³-hybridized carbons (Fsp3) is 0.100. The highest BCUT2D eigenvalue weighted by Crippen LogP contribution is 2.37. The maximum Gasteiger partial charge on any atom is 0.415 e. The predicted molar refractivity (Wildman–Crippen MR) is 63.8 cm³/mol. The quantitative estimate of drug-likeness (QED) is 0.840. The topological polar surface area (TPSA) is 103 Å². The van der Waals surface area contributed by atoms with E-state index < -0.39 is 23.4 Å². The highest BCUT2D eigenvalue weighted by molar-refractivity contribution is 6.30. The number of benzene rings is 1. The van der Waals surface area contributed by atoms with Crippen molar-refractivity contribution in [3.05, 3.63) is 46.4 Å². The van der Waals surface area contributed by atoms with Crippen LogP contribution in [0, 0.1) is 0 Å². The molecule has 2 aromatic rings. The van der Waals surface area contributed by atoms with Gasteiger partial charge in [0.2, 0.25) is 0 Å². The summed E-state index contributed by atoms with van der Waals surface area (Å²) in [5.41, 5.74) is 5.31. The lowest BCUT2D eigenvalue weighted by atomic mass is 10.2. The van der Waals surface area contributed by atoms with Crippen LogP contribution in [0.2, 0.25) is 5.02 Å². The summed E-state index contributed by atoms with van der Waals surface area (Å²) >= 11 is 5.34. The lowest BCUT2D eigenvalue weighted by Gasteiger charge is -2.14. The van der Waals surface area contributed by atoms with Crippen LogP contribution in [0.1, 0.15) is 16.1 Å². The third kappa shape index (κ3) is 4.43. The monoisotopic (exact) mass is 307 g/mol. The molecular formula is C10H7ClF3N4O2-. The first-order valence-corrected chi connectivity index (χ1v) is 5.27. The summed E-state index contributed by atoms with van der Waals surface area (Å²) in [4.78, 5) is 9.94. The van der Waals surface area contributed by atoms with Crippen molar-refractivity contribution in [1.29, 1.82) is 0 Å². The third-order valence-corrected chi connectivity index (χ3v) is 2.16. The second kappa shape index (κ2) is 6.24. The highest BCUT2D eigenvalue weighted by atomic mass is 35.5. The summed E-state index contributed by atoms with van der Waals surface area (Å²) < 4.78 is 36.2. The van der Waals surface area contributed by atoms with Gasteiger partial charge in [0, 0.05) is 10.6 Å². The van der Waals surface area contributed by atoms with Crippen LogP contribution in [0.3, 0.4) is 0 Å². The first-order chi connectivity index (χ1) is 9.21. The smallest absolute Gasteiger partial charge is 0.415 e. The molecule has 0 spiro atoms. The molecule has 0 bridgehead atoms. The van der Waals surface area contributed by atoms with E-state index in [9.17, 15) is 18.0 Å². The zero-order valence-electron chi connectivity index (χ0n) is 9.57. The highest BCUT2D eigenvalue weighted by Gasteiger charge is 2.30. The van der Waals surface area contributed by atoms with Crippen molar-refractivity contribution < 1.29 is 23.1 Å². The second-order valence-electron chi connectivity index (χ2n) is 3.35. The van der Waals surface area contributed by atoms with Gasteiger partial charge in [-0.05, 0) is 12.1 Å². The Labute approximate surface area is 115 Å². The SMILES string of the molecule is O=C(O)c1cn[nH]n1.[NH-]c1ccc(Cl)cc1C(F)(F)F. The first kappa shape index (κ1) is 15.8. The number of carboxylic acid groups (broad SMARTS) is 1. The molecule has 2 rings (SSSR count). The van der Waals surface area contributed by atoms with Gasteiger partial charge in [-0.15, -0.1) is 10.8 Å². The molecule has 0 saturated carbocycles. The lowest BCUT2D eigenvalue weighted by molar-refractivity contribution is -0.136. The number of aromatic nitrogens is 3. The minimum atomic E-state index is -4.50. The largest absolute Gasteiger partial charge is 0.698 e. The van der Waals surface area contributed by atoms with Gasteiger partial charge in [0.25, 0.3) is 0 Å². The van der Waals surface area contributed by atoms with Crippen LogP contribution in [0.25, 0.3) is 5.73 Å². The number of carbonyl (C=O) groups is 1. The maximum atomic E-state index is 12.1. The van der Waals surface area contributed by atoms with Crippen molar-refractivity contribution in [3.63, 3.8) is 0 Å². The normalized spacial score (nSPS) is 10.6. The van der Waals surface area contributed by atoms with Crippen molar-refractivity contribution in [3.8, 4) is 0 Å². The molecule has 1 aromatic heterocycles. The van der Waals surface area contributed by atoms with Gasteiger partial charge >= 0.3 is 12.1 Å². The number of rotatable bonds is 1. The second-order valence-corrected chi connectivity index (χ2v) is 3.78. The number of aromatic amines is 1. The molecule has 10 heteroatoms. The number of hydrogen-bond acceptors (Lipinski definition) is 3. The van der Waals surface area contributed by atoms with Crippen LogP contribution < -0.4 is 0 Å². The Hall–Kier alpha value is -2.29. The summed E-state index contributed by atoms with van der Waals surface area (Å²) in [6.07, 6.45) is -3.36. The van der Waals surface area contributed by atoms with Gasteiger partial charge in [-0.25, -0.2) is 4.79 Å². The van der Waals surface area contributed by atoms with Gasteiger partial charge in [0.05, 0.1) is 6.20 Å². The van der Waals surface area contributed by atoms with Gasteiger partial charge in [-0.2, -0.15) is 23.5 Å². The van der Waals surface area contributed by atoms with E-state index in [1.165, 1.54) is 6.07 Å². The van der Waals surface area contributed by atoms with E-state index >= 15 is 0 Å². The zero-order valence-corrected chi connectivity index (χ0v) is 10.3. The van der Waals surface area contributed by atoms with Crippen LogP contribution in [0.15, 0.2) is 24.4 Å². The molecule has 1 heterocycles. The van der Waals surface area contributed by atoms with Crippen molar-refractivity contribution >= 4 is 23.3 Å². The Morgan fingerprint density at radius 2 is 2.05 bits per heavy atom. The maximum absolute atomic E-state index is 12.1. The average molecular weight is 308 g/mol. The van der Waals surface area contributed by atoms with Crippen LogP contribution in [0.4, 0.5) is 18.9 Å². The summed E-state index contributed by atoms with van der Waals surface area (Å²) in [7, 11) is 0. The molecular weight excluding hydrogens is 301 g/mol. The fourth-order valence-electron chi connectivity index (χ4n) is 1.06. The Morgan fingerprint density at radius 3 is 2.40 bits per heavy atom. The van der Waals surface area contributed by atoms with Crippen LogP contribution in [-0.2, 0) is 6.18 Å². The van der Waals surface area contributed by atoms with Gasteiger partial charge in [0.1, 0.15) is 0 Å². The minimum absolute atomic E-state index is 0.0154. The Bertz CT molecular complexity index is 587. The van der Waals surface area contributed by atoms with Gasteiger partial charge in [-0.3, -0.25) is 0 Å². The van der Waals surface area contributed by atoms with Crippen molar-refractivity contribution in [2.75, 3.05) is 0 Å². The first-order valence-electron chi connectivity index (χ1n) is 4.89. The van der Waals surface area contributed by atoms with E-state index in [0.717, 1.165) is 18.3 Å². The minimum Gasteiger partial charge on any atom is -0.698 e. The van der Waals surface area contributed by atoms with Crippen molar-refractivity contribution in [2.24, 2.45) is 0 Å².